The van der Waals surface area contributed by atoms with Gasteiger partial charge in [0, 0.05) is 24.5 Å². The monoisotopic (exact) mass is 274 g/mol. The number of urea groups is 1. The van der Waals surface area contributed by atoms with Crippen LogP contribution in [-0.2, 0) is 4.79 Å². The van der Waals surface area contributed by atoms with Crippen LogP contribution in [0.5, 0.6) is 0 Å². The van der Waals surface area contributed by atoms with Crippen LogP contribution in [0.4, 0.5) is 16.2 Å². The van der Waals surface area contributed by atoms with E-state index in [0.717, 1.165) is 0 Å². The smallest absolute Gasteiger partial charge is 0.318 e. The fourth-order valence-corrected chi connectivity index (χ4v) is 1.99. The lowest BCUT2D eigenvalue weighted by Gasteiger charge is -2.11. The zero-order valence-corrected chi connectivity index (χ0v) is 11.2. The van der Waals surface area contributed by atoms with Crippen LogP contribution < -0.4 is 21.7 Å². The van der Waals surface area contributed by atoms with Crippen molar-refractivity contribution in [1.82, 2.24) is 5.32 Å². The van der Waals surface area contributed by atoms with E-state index in [1.54, 1.807) is 31.3 Å². The number of carbonyl (C=O) groups is 2. The topological polar surface area (TPSA) is 96.2 Å². The third kappa shape index (κ3) is 3.58. The maximum absolute atomic E-state index is 12.0. The second-order valence-corrected chi connectivity index (χ2v) is 4.66. The Morgan fingerprint density at radius 2 is 1.70 bits per heavy atom. The number of benzene rings is 1. The third-order valence-electron chi connectivity index (χ3n) is 3.09. The van der Waals surface area contributed by atoms with E-state index in [9.17, 15) is 9.59 Å². The molecule has 6 nitrogen and oxygen atoms in total. The first-order valence-corrected chi connectivity index (χ1v) is 6.42. The number of rotatable bonds is 3. The first kappa shape index (κ1) is 14.1. The lowest BCUT2D eigenvalue weighted by atomic mass is 10.1. The Balaban J connectivity index is 1.92. The molecule has 0 saturated carbocycles. The molecule has 0 aliphatic heterocycles. The Hall–Kier alpha value is -2.34. The van der Waals surface area contributed by atoms with Crippen molar-refractivity contribution >= 4 is 23.3 Å². The van der Waals surface area contributed by atoms with Crippen LogP contribution >= 0.6 is 0 Å². The second-order valence-electron chi connectivity index (χ2n) is 4.66. The van der Waals surface area contributed by atoms with E-state index in [2.05, 4.69) is 16.0 Å². The predicted molar refractivity (Wildman–Crippen MR) is 78.4 cm³/mol. The average molecular weight is 274 g/mol. The summed E-state index contributed by atoms with van der Waals surface area (Å²) in [6, 6.07) is 6.60. The molecule has 0 saturated heterocycles. The first-order chi connectivity index (χ1) is 9.58. The van der Waals surface area contributed by atoms with Gasteiger partial charge in [-0.15, -0.1) is 0 Å². The maximum Gasteiger partial charge on any atom is 0.318 e. The minimum absolute atomic E-state index is 0.0371. The van der Waals surface area contributed by atoms with Gasteiger partial charge in [0.05, 0.1) is 5.92 Å². The predicted octanol–water partition coefficient (Wildman–Crippen LogP) is 1.28. The molecule has 2 rings (SSSR count). The second kappa shape index (κ2) is 6.21. The van der Waals surface area contributed by atoms with Crippen molar-refractivity contribution in [2.24, 2.45) is 11.7 Å². The van der Waals surface area contributed by atoms with Crippen molar-refractivity contribution in [3.05, 3.63) is 36.4 Å². The van der Waals surface area contributed by atoms with Crippen LogP contribution in [0.15, 0.2) is 36.4 Å². The number of hydrogen-bond acceptors (Lipinski definition) is 3. The van der Waals surface area contributed by atoms with Gasteiger partial charge in [0.2, 0.25) is 5.91 Å². The summed E-state index contributed by atoms with van der Waals surface area (Å²) in [5.74, 6) is -0.241. The van der Waals surface area contributed by atoms with Crippen molar-refractivity contribution in [2.45, 2.75) is 12.5 Å². The van der Waals surface area contributed by atoms with Gasteiger partial charge in [-0.05, 0) is 30.7 Å². The number of amides is 3. The molecule has 1 aromatic rings. The lowest BCUT2D eigenvalue weighted by molar-refractivity contribution is -0.118. The van der Waals surface area contributed by atoms with Gasteiger partial charge in [0.25, 0.3) is 0 Å². The summed E-state index contributed by atoms with van der Waals surface area (Å²) in [4.78, 5) is 23.1. The van der Waals surface area contributed by atoms with E-state index in [1.165, 1.54) is 0 Å². The van der Waals surface area contributed by atoms with E-state index in [-0.39, 0.29) is 23.9 Å². The zero-order chi connectivity index (χ0) is 14.5. The molecule has 0 bridgehead atoms. The Bertz CT molecular complexity index is 524. The molecule has 1 aliphatic rings. The van der Waals surface area contributed by atoms with E-state index in [4.69, 9.17) is 5.73 Å². The van der Waals surface area contributed by atoms with E-state index < -0.39 is 0 Å². The summed E-state index contributed by atoms with van der Waals surface area (Å²) in [5, 5.41) is 7.93. The standard InChI is InChI=1S/C14H18N4O2/c1-16-14(20)18-12-6-4-11(5-7-12)17-13(19)9-2-3-10(15)8-9/h2-7,9-10H,8,15H2,1H3,(H,17,19)(H2,16,18,20). The quantitative estimate of drug-likeness (QED) is 0.625. The van der Waals surface area contributed by atoms with E-state index in [0.29, 0.717) is 17.8 Å². The number of anilines is 2. The molecule has 20 heavy (non-hydrogen) atoms. The molecule has 5 N–H and O–H groups in total. The average Bonchev–Trinajstić information content (AvgIpc) is 2.87. The minimum atomic E-state index is -0.285. The molecule has 0 heterocycles. The lowest BCUT2D eigenvalue weighted by Crippen LogP contribution is -2.24. The molecule has 6 heteroatoms. The third-order valence-corrected chi connectivity index (χ3v) is 3.09. The number of nitrogens with two attached hydrogens (primary N) is 1. The highest BCUT2D eigenvalue weighted by atomic mass is 16.2. The van der Waals surface area contributed by atoms with Gasteiger partial charge < -0.3 is 21.7 Å². The summed E-state index contributed by atoms with van der Waals surface area (Å²) in [5.41, 5.74) is 7.07. The van der Waals surface area contributed by atoms with Crippen molar-refractivity contribution in [3.63, 3.8) is 0 Å². The molecule has 2 unspecified atom stereocenters. The SMILES string of the molecule is CNC(=O)Nc1ccc(NC(=O)C2C=CC(N)C2)cc1. The van der Waals surface area contributed by atoms with Gasteiger partial charge in [-0.25, -0.2) is 4.79 Å². The van der Waals surface area contributed by atoms with E-state index >= 15 is 0 Å². The van der Waals surface area contributed by atoms with Crippen molar-refractivity contribution in [1.29, 1.82) is 0 Å². The van der Waals surface area contributed by atoms with Crippen LogP contribution in [0, 0.1) is 5.92 Å². The Morgan fingerprint density at radius 1 is 1.10 bits per heavy atom. The summed E-state index contributed by atoms with van der Waals surface area (Å²) in [7, 11) is 1.55. The molecule has 0 aromatic heterocycles. The fraction of sp³-hybridized carbons (Fsp3) is 0.286. The maximum atomic E-state index is 12.0. The van der Waals surface area contributed by atoms with Crippen molar-refractivity contribution in [2.75, 3.05) is 17.7 Å². The van der Waals surface area contributed by atoms with Crippen LogP contribution in [0.25, 0.3) is 0 Å². The molecule has 0 spiro atoms. The highest BCUT2D eigenvalue weighted by Crippen LogP contribution is 2.19. The summed E-state index contributed by atoms with van der Waals surface area (Å²) < 4.78 is 0. The molecule has 0 fully saturated rings. The van der Waals surface area contributed by atoms with Gasteiger partial charge in [0.15, 0.2) is 0 Å². The first-order valence-electron chi connectivity index (χ1n) is 6.42. The Labute approximate surface area is 117 Å². The highest BCUT2D eigenvalue weighted by Gasteiger charge is 2.22. The summed E-state index contributed by atoms with van der Waals surface area (Å²) >= 11 is 0. The van der Waals surface area contributed by atoms with Crippen LogP contribution in [0.3, 0.4) is 0 Å². The molecule has 1 aromatic carbocycles. The molecule has 3 amide bonds. The molecule has 1 aliphatic carbocycles. The van der Waals surface area contributed by atoms with Gasteiger partial charge in [0.1, 0.15) is 0 Å². The molecular weight excluding hydrogens is 256 g/mol. The van der Waals surface area contributed by atoms with Gasteiger partial charge >= 0.3 is 6.03 Å². The number of carbonyl (C=O) groups excluding carboxylic acids is 2. The largest absolute Gasteiger partial charge is 0.341 e. The zero-order valence-electron chi connectivity index (χ0n) is 11.2. The molecular formula is C14H18N4O2. The molecule has 0 radical (unpaired) electrons. The van der Waals surface area contributed by atoms with Crippen molar-refractivity contribution < 1.29 is 9.59 Å². The van der Waals surface area contributed by atoms with Gasteiger partial charge in [-0.2, -0.15) is 0 Å². The Morgan fingerprint density at radius 3 is 2.20 bits per heavy atom. The van der Waals surface area contributed by atoms with Crippen molar-refractivity contribution in [3.8, 4) is 0 Å². The summed E-state index contributed by atoms with van der Waals surface area (Å²) in [6.45, 7) is 0. The van der Waals surface area contributed by atoms with Crippen LogP contribution in [0.1, 0.15) is 6.42 Å². The van der Waals surface area contributed by atoms with E-state index in [1.807, 2.05) is 12.2 Å². The molecule has 106 valence electrons. The number of hydrogen-bond donors (Lipinski definition) is 4. The van der Waals surface area contributed by atoms with Crippen LogP contribution in [-0.4, -0.2) is 25.0 Å². The van der Waals surface area contributed by atoms with Gasteiger partial charge in [-0.1, -0.05) is 12.2 Å². The number of nitrogens with one attached hydrogen (secondary N) is 3. The normalized spacial score (nSPS) is 20.5. The fourth-order valence-electron chi connectivity index (χ4n) is 1.99. The van der Waals surface area contributed by atoms with Crippen LogP contribution in [0.2, 0.25) is 0 Å². The molecule has 2 atom stereocenters. The Kier molecular flexibility index (Phi) is 4.37. The minimum Gasteiger partial charge on any atom is -0.341 e. The van der Waals surface area contributed by atoms with Gasteiger partial charge in [-0.3, -0.25) is 4.79 Å². The highest BCUT2D eigenvalue weighted by molar-refractivity contribution is 5.94. The summed E-state index contributed by atoms with van der Waals surface area (Å²) in [6.07, 6.45) is 4.32.